The van der Waals surface area contributed by atoms with Crippen LogP contribution in [0.25, 0.3) is 11.0 Å². The number of aliphatic hydroxyl groups is 2. The maximum absolute atomic E-state index is 13.9. The van der Waals surface area contributed by atoms with Gasteiger partial charge in [-0.1, -0.05) is 37.3 Å². The van der Waals surface area contributed by atoms with E-state index in [-0.39, 0.29) is 5.69 Å². The summed E-state index contributed by atoms with van der Waals surface area (Å²) in [7, 11) is 0. The molecule has 5 nitrogen and oxygen atoms in total. The highest BCUT2D eigenvalue weighted by atomic mass is 19.1. The van der Waals surface area contributed by atoms with Gasteiger partial charge in [-0.25, -0.2) is 9.18 Å². The highest BCUT2D eigenvalue weighted by Crippen LogP contribution is 2.26. The minimum atomic E-state index is -1.19. The minimum absolute atomic E-state index is 0.330. The SMILES string of the molecule is CCCn1c(=O)n([C@@H](c2ccccc2)[C@H](O)CO)c2cc(F)ccc21. The maximum atomic E-state index is 13.9. The molecule has 0 unspecified atom stereocenters. The van der Waals surface area contributed by atoms with Crippen LogP contribution in [-0.4, -0.2) is 32.1 Å². The molecule has 0 aliphatic heterocycles. The van der Waals surface area contributed by atoms with Gasteiger partial charge in [-0.2, -0.15) is 0 Å². The van der Waals surface area contributed by atoms with E-state index in [0.29, 0.717) is 23.1 Å². The lowest BCUT2D eigenvalue weighted by Gasteiger charge is -2.23. The van der Waals surface area contributed by atoms with Gasteiger partial charge >= 0.3 is 5.69 Å². The predicted octanol–water partition coefficient (Wildman–Crippen LogP) is 2.29. The molecular formula is C19H21FN2O3. The Morgan fingerprint density at radius 3 is 2.48 bits per heavy atom. The Labute approximate surface area is 144 Å². The lowest BCUT2D eigenvalue weighted by Crippen LogP contribution is -2.36. The summed E-state index contributed by atoms with van der Waals surface area (Å²) >= 11 is 0. The van der Waals surface area contributed by atoms with Crippen molar-refractivity contribution in [1.82, 2.24) is 9.13 Å². The molecule has 0 saturated heterocycles. The van der Waals surface area contributed by atoms with Crippen LogP contribution >= 0.6 is 0 Å². The Kier molecular flexibility index (Phi) is 5.01. The summed E-state index contributed by atoms with van der Waals surface area (Å²) < 4.78 is 16.8. The largest absolute Gasteiger partial charge is 0.394 e. The second-order valence-corrected chi connectivity index (χ2v) is 6.04. The molecule has 0 fully saturated rings. The number of nitrogens with zero attached hydrogens (tertiary/aromatic N) is 2. The second-order valence-electron chi connectivity index (χ2n) is 6.04. The third-order valence-electron chi connectivity index (χ3n) is 4.34. The first-order chi connectivity index (χ1) is 12.1. The van der Waals surface area contributed by atoms with Gasteiger partial charge in [-0.15, -0.1) is 0 Å². The van der Waals surface area contributed by atoms with Gasteiger partial charge in [-0.3, -0.25) is 9.13 Å². The number of aliphatic hydroxyl groups excluding tert-OH is 2. The van der Waals surface area contributed by atoms with Crippen molar-refractivity contribution in [2.24, 2.45) is 0 Å². The molecule has 3 aromatic rings. The summed E-state index contributed by atoms with van der Waals surface area (Å²) in [6.07, 6.45) is -0.446. The quantitative estimate of drug-likeness (QED) is 0.721. The van der Waals surface area contributed by atoms with Crippen LogP contribution in [0.1, 0.15) is 24.9 Å². The van der Waals surface area contributed by atoms with E-state index in [4.69, 9.17) is 0 Å². The van der Waals surface area contributed by atoms with Crippen LogP contribution in [0.3, 0.4) is 0 Å². The summed E-state index contributed by atoms with van der Waals surface area (Å²) in [5, 5.41) is 19.9. The normalized spacial score (nSPS) is 13.9. The number of benzene rings is 2. The van der Waals surface area contributed by atoms with Gasteiger partial charge in [0.05, 0.1) is 23.7 Å². The van der Waals surface area contributed by atoms with Crippen molar-refractivity contribution in [3.8, 4) is 0 Å². The Bertz CT molecular complexity index is 918. The molecule has 2 atom stereocenters. The van der Waals surface area contributed by atoms with Crippen LogP contribution < -0.4 is 5.69 Å². The molecule has 0 bridgehead atoms. The number of aromatic nitrogens is 2. The van der Waals surface area contributed by atoms with Crippen molar-refractivity contribution in [1.29, 1.82) is 0 Å². The lowest BCUT2D eigenvalue weighted by atomic mass is 10.0. The first-order valence-electron chi connectivity index (χ1n) is 8.32. The highest BCUT2D eigenvalue weighted by Gasteiger charge is 2.27. The van der Waals surface area contributed by atoms with E-state index in [0.717, 1.165) is 6.42 Å². The summed E-state index contributed by atoms with van der Waals surface area (Å²) in [5.41, 5.74) is 1.36. The Morgan fingerprint density at radius 2 is 1.84 bits per heavy atom. The molecule has 0 aliphatic carbocycles. The van der Waals surface area contributed by atoms with Crippen LogP contribution in [0.4, 0.5) is 4.39 Å². The van der Waals surface area contributed by atoms with Gasteiger partial charge in [-0.05, 0) is 30.2 Å². The maximum Gasteiger partial charge on any atom is 0.329 e. The molecule has 6 heteroatoms. The van der Waals surface area contributed by atoms with Crippen molar-refractivity contribution >= 4 is 11.0 Å². The molecule has 1 heterocycles. The van der Waals surface area contributed by atoms with E-state index in [9.17, 15) is 19.4 Å². The minimum Gasteiger partial charge on any atom is -0.394 e. The van der Waals surface area contributed by atoms with Crippen LogP contribution in [-0.2, 0) is 6.54 Å². The van der Waals surface area contributed by atoms with Crippen molar-refractivity contribution in [3.05, 3.63) is 70.4 Å². The fourth-order valence-electron chi connectivity index (χ4n) is 3.26. The van der Waals surface area contributed by atoms with E-state index in [1.807, 2.05) is 13.0 Å². The molecule has 132 valence electrons. The van der Waals surface area contributed by atoms with Gasteiger partial charge in [0.2, 0.25) is 0 Å². The summed E-state index contributed by atoms with van der Waals surface area (Å²) in [4.78, 5) is 13.0. The zero-order valence-corrected chi connectivity index (χ0v) is 14.0. The molecule has 0 aliphatic rings. The van der Waals surface area contributed by atoms with E-state index >= 15 is 0 Å². The number of hydrogen-bond donors (Lipinski definition) is 2. The monoisotopic (exact) mass is 344 g/mol. The predicted molar refractivity (Wildman–Crippen MR) is 94.1 cm³/mol. The molecule has 2 N–H and O–H groups in total. The number of fused-ring (bicyclic) bond motifs is 1. The molecule has 1 aromatic heterocycles. The number of imidazole rings is 1. The first kappa shape index (κ1) is 17.4. The molecule has 3 rings (SSSR count). The molecule has 25 heavy (non-hydrogen) atoms. The van der Waals surface area contributed by atoms with E-state index in [1.165, 1.54) is 16.7 Å². The summed E-state index contributed by atoms with van der Waals surface area (Å²) in [6.45, 7) is 1.93. The molecular weight excluding hydrogens is 323 g/mol. The number of hydrogen-bond acceptors (Lipinski definition) is 3. The van der Waals surface area contributed by atoms with Crippen molar-refractivity contribution in [3.63, 3.8) is 0 Å². The molecule has 0 spiro atoms. The number of halogens is 1. The average Bonchev–Trinajstić information content (AvgIpc) is 2.88. The molecule has 0 saturated carbocycles. The fourth-order valence-corrected chi connectivity index (χ4v) is 3.26. The van der Waals surface area contributed by atoms with Gasteiger partial charge in [0.1, 0.15) is 11.9 Å². The van der Waals surface area contributed by atoms with Gasteiger partial charge in [0.25, 0.3) is 0 Å². The smallest absolute Gasteiger partial charge is 0.329 e. The standard InChI is InChI=1S/C19H21FN2O3/c1-2-10-21-15-9-8-14(20)11-16(15)22(19(21)25)18(17(24)12-23)13-6-4-3-5-7-13/h3-9,11,17-18,23-24H,2,10,12H2,1H3/t17-,18+/m1/s1. The third-order valence-corrected chi connectivity index (χ3v) is 4.34. The van der Waals surface area contributed by atoms with Crippen LogP contribution in [0.5, 0.6) is 0 Å². The number of rotatable bonds is 6. The van der Waals surface area contributed by atoms with Crippen molar-refractivity contribution in [2.45, 2.75) is 32.0 Å². The third kappa shape index (κ3) is 3.10. The van der Waals surface area contributed by atoms with Gasteiger partial charge in [0.15, 0.2) is 0 Å². The first-order valence-corrected chi connectivity index (χ1v) is 8.32. The Morgan fingerprint density at radius 1 is 1.12 bits per heavy atom. The van der Waals surface area contributed by atoms with E-state index < -0.39 is 24.6 Å². The topological polar surface area (TPSA) is 67.4 Å². The van der Waals surface area contributed by atoms with Crippen LogP contribution in [0, 0.1) is 5.82 Å². The van der Waals surface area contributed by atoms with Crippen molar-refractivity contribution < 1.29 is 14.6 Å². The van der Waals surface area contributed by atoms with E-state index in [2.05, 4.69) is 0 Å². The van der Waals surface area contributed by atoms with E-state index in [1.54, 1.807) is 34.9 Å². The lowest BCUT2D eigenvalue weighted by molar-refractivity contribution is 0.0641. The average molecular weight is 344 g/mol. The Hall–Kier alpha value is -2.44. The van der Waals surface area contributed by atoms with Gasteiger partial charge in [0, 0.05) is 6.54 Å². The zero-order chi connectivity index (χ0) is 18.0. The zero-order valence-electron chi connectivity index (χ0n) is 14.0. The van der Waals surface area contributed by atoms with Crippen molar-refractivity contribution in [2.75, 3.05) is 6.61 Å². The molecule has 0 radical (unpaired) electrons. The van der Waals surface area contributed by atoms with Crippen LogP contribution in [0.2, 0.25) is 0 Å². The summed E-state index contributed by atoms with van der Waals surface area (Å²) in [6, 6.07) is 12.4. The highest BCUT2D eigenvalue weighted by molar-refractivity contribution is 5.76. The Balaban J connectivity index is 2.33. The fraction of sp³-hybridized carbons (Fsp3) is 0.316. The molecule has 2 aromatic carbocycles. The molecule has 0 amide bonds. The van der Waals surface area contributed by atoms with Crippen LogP contribution in [0.15, 0.2) is 53.3 Å². The second kappa shape index (κ2) is 7.21. The number of aryl methyl sites for hydroxylation is 1. The summed E-state index contributed by atoms with van der Waals surface area (Å²) in [5.74, 6) is -0.458. The van der Waals surface area contributed by atoms with Gasteiger partial charge < -0.3 is 10.2 Å².